The van der Waals surface area contributed by atoms with E-state index in [-0.39, 0.29) is 17.3 Å². The van der Waals surface area contributed by atoms with E-state index in [4.69, 9.17) is 4.74 Å². The van der Waals surface area contributed by atoms with Gasteiger partial charge in [0.2, 0.25) is 5.91 Å². The van der Waals surface area contributed by atoms with E-state index in [1.165, 1.54) is 12.1 Å². The van der Waals surface area contributed by atoms with E-state index >= 15 is 0 Å². The number of nitrogens with one attached hydrogen (secondary N) is 1. The summed E-state index contributed by atoms with van der Waals surface area (Å²) < 4.78 is 32.4. The van der Waals surface area contributed by atoms with Crippen molar-refractivity contribution in [2.75, 3.05) is 30.6 Å². The van der Waals surface area contributed by atoms with Gasteiger partial charge in [-0.25, -0.2) is 8.42 Å². The first-order valence-electron chi connectivity index (χ1n) is 8.53. The van der Waals surface area contributed by atoms with Crippen molar-refractivity contribution in [2.24, 2.45) is 0 Å². The number of nitrogens with zero attached hydrogens (tertiary/aromatic N) is 1. The number of carbonyl (C=O) groups is 1. The van der Waals surface area contributed by atoms with Crippen LogP contribution in [0.25, 0.3) is 0 Å². The minimum absolute atomic E-state index is 0.146. The van der Waals surface area contributed by atoms with Crippen LogP contribution in [-0.2, 0) is 19.6 Å². The zero-order valence-corrected chi connectivity index (χ0v) is 15.6. The van der Waals surface area contributed by atoms with Gasteiger partial charge in [-0.15, -0.1) is 0 Å². The third-order valence-electron chi connectivity index (χ3n) is 3.65. The van der Waals surface area contributed by atoms with Crippen molar-refractivity contribution in [3.63, 3.8) is 0 Å². The quantitative estimate of drug-likeness (QED) is 0.646. The first kappa shape index (κ1) is 19.9. The number of sulfonamides is 1. The molecule has 0 aliphatic carbocycles. The molecule has 2 rings (SSSR count). The first-order chi connectivity index (χ1) is 12.6. The Morgan fingerprint density at radius 1 is 1.04 bits per heavy atom. The van der Waals surface area contributed by atoms with Crippen LogP contribution in [0.1, 0.15) is 13.3 Å². The van der Waals surface area contributed by atoms with Crippen molar-refractivity contribution in [1.29, 1.82) is 0 Å². The Balaban J connectivity index is 2.14. The monoisotopic (exact) mass is 376 g/mol. The zero-order chi connectivity index (χ0) is 18.8. The van der Waals surface area contributed by atoms with Crippen LogP contribution in [0.15, 0.2) is 65.6 Å². The average Bonchev–Trinajstić information content (AvgIpc) is 2.67. The molecule has 0 atom stereocenters. The van der Waals surface area contributed by atoms with Gasteiger partial charge in [0.1, 0.15) is 6.54 Å². The van der Waals surface area contributed by atoms with Crippen molar-refractivity contribution in [1.82, 2.24) is 5.32 Å². The fraction of sp³-hybridized carbons (Fsp3) is 0.316. The molecule has 0 bridgehead atoms. The molecule has 0 saturated carbocycles. The Labute approximate surface area is 154 Å². The highest BCUT2D eigenvalue weighted by atomic mass is 32.2. The van der Waals surface area contributed by atoms with Gasteiger partial charge >= 0.3 is 0 Å². The van der Waals surface area contributed by atoms with Gasteiger partial charge in [0.05, 0.1) is 10.6 Å². The lowest BCUT2D eigenvalue weighted by atomic mass is 10.3. The van der Waals surface area contributed by atoms with Crippen LogP contribution in [0, 0.1) is 0 Å². The second kappa shape index (κ2) is 9.94. The van der Waals surface area contributed by atoms with Gasteiger partial charge in [0.25, 0.3) is 10.0 Å². The summed E-state index contributed by atoms with van der Waals surface area (Å²) in [4.78, 5) is 12.4. The molecule has 2 aromatic carbocycles. The summed E-state index contributed by atoms with van der Waals surface area (Å²) >= 11 is 0. The minimum atomic E-state index is -3.84. The van der Waals surface area contributed by atoms with Crippen LogP contribution in [0.2, 0.25) is 0 Å². The number of ether oxygens (including phenoxy) is 1. The van der Waals surface area contributed by atoms with Gasteiger partial charge in [0.15, 0.2) is 0 Å². The number of rotatable bonds is 10. The van der Waals surface area contributed by atoms with Gasteiger partial charge in [-0.2, -0.15) is 0 Å². The fourth-order valence-corrected chi connectivity index (χ4v) is 3.80. The molecule has 140 valence electrons. The molecule has 7 heteroatoms. The molecule has 1 amide bonds. The van der Waals surface area contributed by atoms with Crippen LogP contribution < -0.4 is 9.62 Å². The van der Waals surface area contributed by atoms with E-state index in [1.54, 1.807) is 48.5 Å². The summed E-state index contributed by atoms with van der Waals surface area (Å²) in [5.74, 6) is -0.357. The lowest BCUT2D eigenvalue weighted by Crippen LogP contribution is -2.41. The molecule has 0 fully saturated rings. The summed E-state index contributed by atoms with van der Waals surface area (Å²) in [5, 5.41) is 2.74. The summed E-state index contributed by atoms with van der Waals surface area (Å²) in [6.07, 6.45) is 0.677. The molecular formula is C19H24N2O4S. The van der Waals surface area contributed by atoms with Gasteiger partial charge < -0.3 is 10.1 Å². The molecule has 0 aliphatic heterocycles. The smallest absolute Gasteiger partial charge is 0.264 e. The number of para-hydroxylation sites is 1. The van der Waals surface area contributed by atoms with Crippen LogP contribution in [-0.4, -0.2) is 40.6 Å². The Kier molecular flexibility index (Phi) is 7.62. The van der Waals surface area contributed by atoms with Gasteiger partial charge in [0, 0.05) is 19.8 Å². The van der Waals surface area contributed by atoms with E-state index in [1.807, 2.05) is 6.92 Å². The largest absolute Gasteiger partial charge is 0.382 e. The predicted molar refractivity (Wildman–Crippen MR) is 102 cm³/mol. The molecule has 1 N–H and O–H groups in total. The molecular weight excluding hydrogens is 352 g/mol. The Bertz CT molecular complexity index is 780. The van der Waals surface area contributed by atoms with Crippen molar-refractivity contribution >= 4 is 21.6 Å². The van der Waals surface area contributed by atoms with E-state index in [2.05, 4.69) is 5.32 Å². The third-order valence-corrected chi connectivity index (χ3v) is 5.44. The molecule has 0 aliphatic rings. The predicted octanol–water partition coefficient (Wildman–Crippen LogP) is 2.42. The van der Waals surface area contributed by atoms with E-state index in [0.717, 1.165) is 4.31 Å². The highest BCUT2D eigenvalue weighted by molar-refractivity contribution is 7.92. The highest BCUT2D eigenvalue weighted by Crippen LogP contribution is 2.22. The molecule has 6 nitrogen and oxygen atoms in total. The maximum absolute atomic E-state index is 13.0. The van der Waals surface area contributed by atoms with Crippen LogP contribution >= 0.6 is 0 Å². The summed E-state index contributed by atoms with van der Waals surface area (Å²) in [7, 11) is -3.84. The molecule has 0 saturated heterocycles. The number of benzene rings is 2. The standard InChI is InChI=1S/C19H24N2O4S/c1-2-25-15-9-14-20-19(22)16-21(17-10-5-3-6-11-17)26(23,24)18-12-7-4-8-13-18/h3-8,10-13H,2,9,14-16H2,1H3,(H,20,22). The van der Waals surface area contributed by atoms with Gasteiger partial charge in [-0.1, -0.05) is 36.4 Å². The molecule has 0 spiro atoms. The number of hydrogen-bond acceptors (Lipinski definition) is 4. The molecule has 2 aromatic rings. The Morgan fingerprint density at radius 2 is 1.65 bits per heavy atom. The van der Waals surface area contributed by atoms with Crippen LogP contribution in [0.3, 0.4) is 0 Å². The lowest BCUT2D eigenvalue weighted by molar-refractivity contribution is -0.119. The average molecular weight is 376 g/mol. The second-order valence-electron chi connectivity index (χ2n) is 5.56. The molecule has 0 aromatic heterocycles. The number of anilines is 1. The molecule has 0 heterocycles. The van der Waals surface area contributed by atoms with E-state index in [9.17, 15) is 13.2 Å². The molecule has 0 radical (unpaired) electrons. The van der Waals surface area contributed by atoms with Crippen LogP contribution in [0.4, 0.5) is 5.69 Å². The number of amides is 1. The second-order valence-corrected chi connectivity index (χ2v) is 7.42. The number of carbonyl (C=O) groups excluding carboxylic acids is 1. The minimum Gasteiger partial charge on any atom is -0.382 e. The summed E-state index contributed by atoms with van der Waals surface area (Å²) in [6.45, 7) is 3.25. The summed E-state index contributed by atoms with van der Waals surface area (Å²) in [5.41, 5.74) is 0.445. The van der Waals surface area contributed by atoms with E-state index < -0.39 is 10.0 Å². The maximum Gasteiger partial charge on any atom is 0.264 e. The Hall–Kier alpha value is -2.38. The van der Waals surface area contributed by atoms with Crippen molar-refractivity contribution in [3.8, 4) is 0 Å². The normalized spacial score (nSPS) is 11.1. The fourth-order valence-electron chi connectivity index (χ4n) is 2.36. The van der Waals surface area contributed by atoms with Gasteiger partial charge in [-0.05, 0) is 37.6 Å². The lowest BCUT2D eigenvalue weighted by Gasteiger charge is -2.24. The topological polar surface area (TPSA) is 75.7 Å². The van der Waals surface area contributed by atoms with Crippen LogP contribution in [0.5, 0.6) is 0 Å². The van der Waals surface area contributed by atoms with E-state index in [0.29, 0.717) is 31.9 Å². The first-order valence-corrected chi connectivity index (χ1v) is 9.97. The third kappa shape index (κ3) is 5.57. The highest BCUT2D eigenvalue weighted by Gasteiger charge is 2.26. The number of hydrogen-bond donors (Lipinski definition) is 1. The summed E-state index contributed by atoms with van der Waals surface area (Å²) in [6, 6.07) is 16.7. The molecule has 0 unspecified atom stereocenters. The van der Waals surface area contributed by atoms with Crippen molar-refractivity contribution < 1.29 is 17.9 Å². The molecule has 26 heavy (non-hydrogen) atoms. The SMILES string of the molecule is CCOCCCNC(=O)CN(c1ccccc1)S(=O)(=O)c1ccccc1. The van der Waals surface area contributed by atoms with Crippen molar-refractivity contribution in [2.45, 2.75) is 18.2 Å². The van der Waals surface area contributed by atoms with Crippen molar-refractivity contribution in [3.05, 3.63) is 60.7 Å². The van der Waals surface area contributed by atoms with Gasteiger partial charge in [-0.3, -0.25) is 9.10 Å². The Morgan fingerprint density at radius 3 is 2.27 bits per heavy atom. The maximum atomic E-state index is 13.0. The zero-order valence-electron chi connectivity index (χ0n) is 14.8.